The Bertz CT molecular complexity index is 417. The predicted octanol–water partition coefficient (Wildman–Crippen LogP) is 1.63. The van der Waals surface area contributed by atoms with Crippen molar-refractivity contribution in [3.8, 4) is 0 Å². The van der Waals surface area contributed by atoms with Crippen LogP contribution in [0.15, 0.2) is 11.4 Å². The molecule has 0 aliphatic rings. The van der Waals surface area contributed by atoms with E-state index < -0.39 is 5.97 Å². The van der Waals surface area contributed by atoms with Crippen LogP contribution in [-0.4, -0.2) is 40.4 Å². The molecule has 0 bridgehead atoms. The van der Waals surface area contributed by atoms with Gasteiger partial charge in [0.15, 0.2) is 5.16 Å². The van der Waals surface area contributed by atoms with E-state index in [1.807, 2.05) is 0 Å². The van der Waals surface area contributed by atoms with E-state index in [0.717, 1.165) is 0 Å². The molecule has 0 unspecified atom stereocenters. The standard InChI is InChI=1S/C11H16N2O4S/c1-4-16-10(15)8-5-12-11(13-8)18-6-9(14)17-7(2)3/h5,7H,4,6H2,1-3H3,(H,12,13). The van der Waals surface area contributed by atoms with Crippen molar-refractivity contribution in [2.75, 3.05) is 12.4 Å². The number of aromatic nitrogens is 2. The van der Waals surface area contributed by atoms with Crippen LogP contribution in [-0.2, 0) is 14.3 Å². The number of imidazole rings is 1. The van der Waals surface area contributed by atoms with Crippen LogP contribution in [0.2, 0.25) is 0 Å². The molecule has 7 heteroatoms. The Kier molecular flexibility index (Phi) is 5.70. The molecular formula is C11H16N2O4S. The third-order valence-corrected chi connectivity index (χ3v) is 2.60. The van der Waals surface area contributed by atoms with Crippen molar-refractivity contribution in [3.63, 3.8) is 0 Å². The van der Waals surface area contributed by atoms with Gasteiger partial charge in [-0.1, -0.05) is 11.8 Å². The van der Waals surface area contributed by atoms with E-state index in [9.17, 15) is 9.59 Å². The number of aromatic amines is 1. The van der Waals surface area contributed by atoms with E-state index in [-0.39, 0.29) is 23.5 Å². The molecule has 1 rings (SSSR count). The number of nitrogens with one attached hydrogen (secondary N) is 1. The van der Waals surface area contributed by atoms with E-state index >= 15 is 0 Å². The number of ether oxygens (including phenoxy) is 2. The highest BCUT2D eigenvalue weighted by Gasteiger charge is 2.12. The molecule has 1 heterocycles. The van der Waals surface area contributed by atoms with Gasteiger partial charge in [0.05, 0.1) is 24.7 Å². The van der Waals surface area contributed by atoms with Crippen LogP contribution < -0.4 is 0 Å². The monoisotopic (exact) mass is 272 g/mol. The summed E-state index contributed by atoms with van der Waals surface area (Å²) in [6.07, 6.45) is 1.25. The van der Waals surface area contributed by atoms with Gasteiger partial charge >= 0.3 is 11.9 Å². The predicted molar refractivity (Wildman–Crippen MR) is 66.5 cm³/mol. The van der Waals surface area contributed by atoms with E-state index in [4.69, 9.17) is 9.47 Å². The van der Waals surface area contributed by atoms with Crippen molar-refractivity contribution in [1.82, 2.24) is 9.97 Å². The summed E-state index contributed by atoms with van der Waals surface area (Å²) in [6.45, 7) is 5.61. The smallest absolute Gasteiger partial charge is 0.356 e. The van der Waals surface area contributed by atoms with Crippen molar-refractivity contribution in [3.05, 3.63) is 11.9 Å². The Morgan fingerprint density at radius 2 is 2.22 bits per heavy atom. The fourth-order valence-electron chi connectivity index (χ4n) is 1.11. The highest BCUT2D eigenvalue weighted by molar-refractivity contribution is 7.99. The van der Waals surface area contributed by atoms with Gasteiger partial charge in [-0.2, -0.15) is 0 Å². The number of H-pyrrole nitrogens is 1. The van der Waals surface area contributed by atoms with Gasteiger partial charge in [-0.3, -0.25) is 4.79 Å². The zero-order valence-corrected chi connectivity index (χ0v) is 11.4. The molecule has 0 aliphatic carbocycles. The summed E-state index contributed by atoms with van der Waals surface area (Å²) in [7, 11) is 0. The molecule has 6 nitrogen and oxygen atoms in total. The van der Waals surface area contributed by atoms with Crippen molar-refractivity contribution in [2.45, 2.75) is 32.0 Å². The molecule has 1 aromatic heterocycles. The molecule has 0 spiro atoms. The van der Waals surface area contributed by atoms with Gasteiger partial charge in [0, 0.05) is 0 Å². The van der Waals surface area contributed by atoms with Crippen molar-refractivity contribution in [1.29, 1.82) is 0 Å². The summed E-state index contributed by atoms with van der Waals surface area (Å²) >= 11 is 1.18. The van der Waals surface area contributed by atoms with E-state index in [1.54, 1.807) is 20.8 Å². The third-order valence-electron chi connectivity index (χ3n) is 1.74. The maximum absolute atomic E-state index is 11.3. The lowest BCUT2D eigenvalue weighted by Crippen LogP contribution is -2.13. The molecule has 0 atom stereocenters. The molecule has 1 aromatic rings. The normalized spacial score (nSPS) is 10.4. The number of carbonyl (C=O) groups excluding carboxylic acids is 2. The minimum absolute atomic E-state index is 0.134. The Hall–Kier alpha value is -1.50. The van der Waals surface area contributed by atoms with Crippen LogP contribution in [0.3, 0.4) is 0 Å². The summed E-state index contributed by atoms with van der Waals surface area (Å²) in [4.78, 5) is 29.4. The summed E-state index contributed by atoms with van der Waals surface area (Å²) in [5.74, 6) is -0.626. The fourth-order valence-corrected chi connectivity index (χ4v) is 1.75. The summed E-state index contributed by atoms with van der Waals surface area (Å²) in [5.41, 5.74) is 0.275. The first-order valence-corrected chi connectivity index (χ1v) is 6.56. The Morgan fingerprint density at radius 3 is 2.83 bits per heavy atom. The first-order valence-electron chi connectivity index (χ1n) is 5.57. The Labute approximate surface area is 109 Å². The molecule has 0 aromatic carbocycles. The first-order chi connectivity index (χ1) is 8.52. The second kappa shape index (κ2) is 7.05. The van der Waals surface area contributed by atoms with Crippen LogP contribution in [0.25, 0.3) is 0 Å². The zero-order valence-electron chi connectivity index (χ0n) is 10.6. The molecule has 100 valence electrons. The second-order valence-corrected chi connectivity index (χ2v) is 4.61. The van der Waals surface area contributed by atoms with Crippen molar-refractivity contribution < 1.29 is 19.1 Å². The van der Waals surface area contributed by atoms with Gasteiger partial charge in [-0.15, -0.1) is 0 Å². The SMILES string of the molecule is CCOC(=O)c1cnc(SCC(=O)OC(C)C)[nH]1. The van der Waals surface area contributed by atoms with Crippen molar-refractivity contribution in [2.24, 2.45) is 0 Å². The number of hydrogen-bond donors (Lipinski definition) is 1. The number of esters is 2. The third kappa shape index (κ3) is 4.79. The van der Waals surface area contributed by atoms with Gasteiger partial charge in [0.2, 0.25) is 0 Å². The van der Waals surface area contributed by atoms with E-state index in [0.29, 0.717) is 11.8 Å². The molecule has 18 heavy (non-hydrogen) atoms. The number of thioether (sulfide) groups is 1. The molecule has 0 fully saturated rings. The highest BCUT2D eigenvalue weighted by atomic mass is 32.2. The lowest BCUT2D eigenvalue weighted by atomic mass is 10.5. The van der Waals surface area contributed by atoms with Crippen LogP contribution in [0.4, 0.5) is 0 Å². The number of rotatable bonds is 6. The van der Waals surface area contributed by atoms with Gasteiger partial charge in [0.25, 0.3) is 0 Å². The Balaban J connectivity index is 2.44. The average Bonchev–Trinajstić information content (AvgIpc) is 2.74. The Morgan fingerprint density at radius 1 is 1.50 bits per heavy atom. The van der Waals surface area contributed by atoms with Crippen LogP contribution in [0.1, 0.15) is 31.3 Å². The quantitative estimate of drug-likeness (QED) is 0.626. The summed E-state index contributed by atoms with van der Waals surface area (Å²) in [5, 5.41) is 0.485. The molecular weight excluding hydrogens is 256 g/mol. The number of nitrogens with zero attached hydrogens (tertiary/aromatic N) is 1. The average molecular weight is 272 g/mol. The minimum Gasteiger partial charge on any atom is -0.462 e. The van der Waals surface area contributed by atoms with E-state index in [1.165, 1.54) is 18.0 Å². The molecule has 0 aliphatic heterocycles. The highest BCUT2D eigenvalue weighted by Crippen LogP contribution is 2.14. The summed E-state index contributed by atoms with van der Waals surface area (Å²) < 4.78 is 9.78. The molecule has 0 radical (unpaired) electrons. The first kappa shape index (κ1) is 14.6. The van der Waals surface area contributed by atoms with Gasteiger partial charge < -0.3 is 14.5 Å². The van der Waals surface area contributed by atoms with Crippen LogP contribution in [0.5, 0.6) is 0 Å². The minimum atomic E-state index is -0.457. The van der Waals surface area contributed by atoms with Crippen molar-refractivity contribution >= 4 is 23.7 Å². The molecule has 0 amide bonds. The van der Waals surface area contributed by atoms with Crippen LogP contribution >= 0.6 is 11.8 Å². The lowest BCUT2D eigenvalue weighted by Gasteiger charge is -2.06. The maximum Gasteiger partial charge on any atom is 0.356 e. The molecule has 1 N–H and O–H groups in total. The van der Waals surface area contributed by atoms with Crippen LogP contribution in [0, 0.1) is 0 Å². The number of hydrogen-bond acceptors (Lipinski definition) is 6. The second-order valence-electron chi connectivity index (χ2n) is 3.65. The number of carbonyl (C=O) groups is 2. The molecule has 0 saturated heterocycles. The fraction of sp³-hybridized carbons (Fsp3) is 0.545. The van der Waals surface area contributed by atoms with Gasteiger partial charge in [-0.25, -0.2) is 9.78 Å². The molecule has 0 saturated carbocycles. The largest absolute Gasteiger partial charge is 0.462 e. The maximum atomic E-state index is 11.3. The lowest BCUT2D eigenvalue weighted by molar-refractivity contribution is -0.144. The summed E-state index contributed by atoms with van der Waals surface area (Å²) in [6, 6.07) is 0. The van der Waals surface area contributed by atoms with Gasteiger partial charge in [0.1, 0.15) is 5.69 Å². The zero-order chi connectivity index (χ0) is 13.5. The van der Waals surface area contributed by atoms with Gasteiger partial charge in [-0.05, 0) is 20.8 Å². The van der Waals surface area contributed by atoms with E-state index in [2.05, 4.69) is 9.97 Å². The topological polar surface area (TPSA) is 81.3 Å².